The van der Waals surface area contributed by atoms with Crippen LogP contribution in [0.4, 0.5) is 0 Å². The first kappa shape index (κ1) is 27.5. The lowest BCUT2D eigenvalue weighted by Crippen LogP contribution is -2.00. The highest BCUT2D eigenvalue weighted by molar-refractivity contribution is 6.25. The summed E-state index contributed by atoms with van der Waals surface area (Å²) in [5.41, 5.74) is 6.77. The predicted octanol–water partition coefficient (Wildman–Crippen LogP) is 11.9. The molecule has 8 aromatic carbocycles. The molecule has 2 heterocycles. The van der Waals surface area contributed by atoms with Crippen molar-refractivity contribution in [1.29, 1.82) is 0 Å². The van der Waals surface area contributed by atoms with Crippen LogP contribution >= 0.6 is 0 Å². The van der Waals surface area contributed by atoms with Gasteiger partial charge in [0.25, 0.3) is 0 Å². The first-order chi connectivity index (χ1) is 24.3. The Hall–Kier alpha value is -6.65. The molecule has 2 aromatic heterocycles. The molecule has 0 fully saturated rings. The lowest BCUT2D eigenvalue weighted by Gasteiger charge is -2.11. The minimum atomic E-state index is 0.603. The molecule has 0 atom stereocenters. The smallest absolute Gasteiger partial charge is 0.164 e. The molecular formula is C45H27N3O. The Kier molecular flexibility index (Phi) is 6.15. The van der Waals surface area contributed by atoms with Crippen molar-refractivity contribution in [3.05, 3.63) is 164 Å². The molecule has 0 unspecified atom stereocenters. The van der Waals surface area contributed by atoms with Crippen LogP contribution in [-0.4, -0.2) is 15.0 Å². The van der Waals surface area contributed by atoms with Crippen molar-refractivity contribution >= 4 is 54.3 Å². The van der Waals surface area contributed by atoms with Crippen LogP contribution in [0, 0.1) is 0 Å². The van der Waals surface area contributed by atoms with Gasteiger partial charge in [0.05, 0.1) is 0 Å². The Balaban J connectivity index is 1.17. The van der Waals surface area contributed by atoms with E-state index in [9.17, 15) is 0 Å². The van der Waals surface area contributed by atoms with Gasteiger partial charge in [-0.1, -0.05) is 146 Å². The van der Waals surface area contributed by atoms with Crippen molar-refractivity contribution in [1.82, 2.24) is 15.0 Å². The van der Waals surface area contributed by atoms with E-state index in [1.807, 2.05) is 30.3 Å². The molecule has 0 spiro atoms. The molecule has 0 radical (unpaired) electrons. The molecule has 4 nitrogen and oxygen atoms in total. The summed E-state index contributed by atoms with van der Waals surface area (Å²) in [7, 11) is 0. The van der Waals surface area contributed by atoms with E-state index in [4.69, 9.17) is 19.4 Å². The van der Waals surface area contributed by atoms with E-state index < -0.39 is 0 Å². The minimum absolute atomic E-state index is 0.603. The number of hydrogen-bond donors (Lipinski definition) is 0. The fourth-order valence-corrected chi connectivity index (χ4v) is 7.08. The zero-order valence-corrected chi connectivity index (χ0v) is 26.3. The fourth-order valence-electron chi connectivity index (χ4n) is 7.08. The highest BCUT2D eigenvalue weighted by Crippen LogP contribution is 2.41. The number of hydrogen-bond acceptors (Lipinski definition) is 4. The largest absolute Gasteiger partial charge is 0.455 e. The molecule has 0 N–H and O–H groups in total. The normalized spacial score (nSPS) is 11.7. The van der Waals surface area contributed by atoms with Gasteiger partial charge < -0.3 is 4.42 Å². The molecule has 0 saturated heterocycles. The number of nitrogens with zero attached hydrogens (tertiary/aromatic N) is 3. The summed E-state index contributed by atoms with van der Waals surface area (Å²) >= 11 is 0. The third-order valence-corrected chi connectivity index (χ3v) is 9.50. The minimum Gasteiger partial charge on any atom is -0.455 e. The number of rotatable bonds is 4. The summed E-state index contributed by atoms with van der Waals surface area (Å²) in [4.78, 5) is 15.2. The zero-order valence-electron chi connectivity index (χ0n) is 26.3. The Labute approximate surface area is 282 Å². The van der Waals surface area contributed by atoms with Gasteiger partial charge in [0.2, 0.25) is 0 Å². The van der Waals surface area contributed by atoms with Gasteiger partial charge in [-0.25, -0.2) is 15.0 Å². The van der Waals surface area contributed by atoms with E-state index in [1.54, 1.807) is 0 Å². The van der Waals surface area contributed by atoms with E-state index in [-0.39, 0.29) is 0 Å². The van der Waals surface area contributed by atoms with E-state index >= 15 is 0 Å². The quantitative estimate of drug-likeness (QED) is 0.195. The Morgan fingerprint density at radius 2 is 0.918 bits per heavy atom. The average molecular weight is 626 g/mol. The molecule has 49 heavy (non-hydrogen) atoms. The van der Waals surface area contributed by atoms with Gasteiger partial charge in [-0.3, -0.25) is 0 Å². The lowest BCUT2D eigenvalue weighted by atomic mass is 9.97. The van der Waals surface area contributed by atoms with Gasteiger partial charge >= 0.3 is 0 Å². The van der Waals surface area contributed by atoms with Crippen molar-refractivity contribution in [2.45, 2.75) is 0 Å². The maximum absolute atomic E-state index is 6.68. The van der Waals surface area contributed by atoms with Crippen LogP contribution in [0.15, 0.2) is 168 Å². The number of benzene rings is 8. The van der Waals surface area contributed by atoms with Crippen molar-refractivity contribution in [3.8, 4) is 45.3 Å². The molecule has 10 aromatic rings. The van der Waals surface area contributed by atoms with Crippen LogP contribution < -0.4 is 0 Å². The lowest BCUT2D eigenvalue weighted by molar-refractivity contribution is 0.673. The van der Waals surface area contributed by atoms with Crippen LogP contribution in [-0.2, 0) is 0 Å². The maximum Gasteiger partial charge on any atom is 0.164 e. The van der Waals surface area contributed by atoms with E-state index in [1.165, 1.54) is 16.3 Å². The van der Waals surface area contributed by atoms with Gasteiger partial charge in [0, 0.05) is 32.8 Å². The SMILES string of the molecule is c1ccc(-c2nc(-c3ccc(-c4ccc5ccccc5c4)cc3)nc(-c3cc4oc5c6ccccc6ccc5c4c4ccccc34)n2)cc1. The summed E-state index contributed by atoms with van der Waals surface area (Å²) in [6.07, 6.45) is 0. The van der Waals surface area contributed by atoms with E-state index in [0.29, 0.717) is 17.5 Å². The third kappa shape index (κ3) is 4.57. The van der Waals surface area contributed by atoms with Gasteiger partial charge in [-0.15, -0.1) is 0 Å². The number of aromatic nitrogens is 3. The van der Waals surface area contributed by atoms with Crippen LogP contribution in [0.25, 0.3) is 99.5 Å². The van der Waals surface area contributed by atoms with Crippen molar-refractivity contribution < 1.29 is 4.42 Å². The summed E-state index contributed by atoms with van der Waals surface area (Å²) in [5, 5.41) is 9.07. The predicted molar refractivity (Wildman–Crippen MR) is 201 cm³/mol. The molecule has 10 rings (SSSR count). The summed E-state index contributed by atoms with van der Waals surface area (Å²) in [6, 6.07) is 56.9. The molecular weight excluding hydrogens is 599 g/mol. The molecule has 0 aliphatic carbocycles. The van der Waals surface area contributed by atoms with Crippen LogP contribution in [0.1, 0.15) is 0 Å². The Morgan fingerprint density at radius 1 is 0.347 bits per heavy atom. The fraction of sp³-hybridized carbons (Fsp3) is 0. The first-order valence-corrected chi connectivity index (χ1v) is 16.4. The van der Waals surface area contributed by atoms with Crippen LogP contribution in [0.3, 0.4) is 0 Å². The molecule has 0 bridgehead atoms. The van der Waals surface area contributed by atoms with E-state index in [2.05, 4.69) is 133 Å². The summed E-state index contributed by atoms with van der Waals surface area (Å²) in [6.45, 7) is 0. The molecule has 0 saturated carbocycles. The second kappa shape index (κ2) is 11.0. The molecule has 4 heteroatoms. The second-order valence-electron chi connectivity index (χ2n) is 12.4. The van der Waals surface area contributed by atoms with Crippen molar-refractivity contribution in [2.24, 2.45) is 0 Å². The summed E-state index contributed by atoms with van der Waals surface area (Å²) in [5.74, 6) is 1.85. The topological polar surface area (TPSA) is 51.8 Å². The molecule has 0 amide bonds. The van der Waals surface area contributed by atoms with Crippen LogP contribution in [0.2, 0.25) is 0 Å². The number of fused-ring (bicyclic) bond motifs is 8. The zero-order chi connectivity index (χ0) is 32.3. The van der Waals surface area contributed by atoms with E-state index in [0.717, 1.165) is 65.7 Å². The maximum atomic E-state index is 6.68. The average Bonchev–Trinajstić information content (AvgIpc) is 3.57. The Morgan fingerprint density at radius 3 is 1.71 bits per heavy atom. The van der Waals surface area contributed by atoms with Crippen LogP contribution in [0.5, 0.6) is 0 Å². The van der Waals surface area contributed by atoms with Gasteiger partial charge in [-0.2, -0.15) is 0 Å². The highest BCUT2D eigenvalue weighted by Gasteiger charge is 2.19. The third-order valence-electron chi connectivity index (χ3n) is 9.50. The van der Waals surface area contributed by atoms with Gasteiger partial charge in [0.1, 0.15) is 11.2 Å². The van der Waals surface area contributed by atoms with Gasteiger partial charge in [-0.05, 0) is 56.3 Å². The molecule has 0 aliphatic rings. The van der Waals surface area contributed by atoms with Crippen molar-refractivity contribution in [2.75, 3.05) is 0 Å². The molecule has 228 valence electrons. The Bertz CT molecular complexity index is 2870. The van der Waals surface area contributed by atoms with Crippen molar-refractivity contribution in [3.63, 3.8) is 0 Å². The molecule has 0 aliphatic heterocycles. The standard InChI is InChI=1S/C45H27N3O/c1-2-12-31(13-3-1)43-46-44(32-21-18-29(19-22-32)34-23-20-28-10-4-5-14-33(28)26-34)48-45(47-43)39-27-40-41(37-17-9-8-16-36(37)39)38-25-24-30-11-6-7-15-35(30)42(38)49-40/h1-27H. The first-order valence-electron chi connectivity index (χ1n) is 16.4. The van der Waals surface area contributed by atoms with Gasteiger partial charge in [0.15, 0.2) is 17.5 Å². The summed E-state index contributed by atoms with van der Waals surface area (Å²) < 4.78 is 6.68. The number of furan rings is 1. The monoisotopic (exact) mass is 625 g/mol. The second-order valence-corrected chi connectivity index (χ2v) is 12.4. The highest BCUT2D eigenvalue weighted by atomic mass is 16.3.